The van der Waals surface area contributed by atoms with Crippen LogP contribution < -0.4 is 5.32 Å². The molecule has 166 valence electrons. The van der Waals surface area contributed by atoms with E-state index >= 15 is 0 Å². The van der Waals surface area contributed by atoms with Gasteiger partial charge in [-0.1, -0.05) is 26.8 Å². The maximum absolute atomic E-state index is 13.4. The SMILES string of the molecule is C[C@H]1CC(C)(C)C[C@]2(C1)NC(=O)N(CC(=O)N(Cc1ccco1)Cc1cccs1)C2=O. The normalized spacial score (nSPS) is 25.1. The zero-order chi connectivity index (χ0) is 22.2. The van der Waals surface area contributed by atoms with Gasteiger partial charge in [0.2, 0.25) is 5.91 Å². The topological polar surface area (TPSA) is 82.9 Å². The third-order valence-electron chi connectivity index (χ3n) is 6.12. The van der Waals surface area contributed by atoms with E-state index in [4.69, 9.17) is 4.42 Å². The van der Waals surface area contributed by atoms with Crippen LogP contribution in [-0.2, 0) is 22.7 Å². The van der Waals surface area contributed by atoms with Crippen LogP contribution in [0.5, 0.6) is 0 Å². The summed E-state index contributed by atoms with van der Waals surface area (Å²) in [6, 6.07) is 7.00. The van der Waals surface area contributed by atoms with Gasteiger partial charge in [-0.25, -0.2) is 4.79 Å². The predicted molar refractivity (Wildman–Crippen MR) is 117 cm³/mol. The molecule has 1 saturated heterocycles. The highest BCUT2D eigenvalue weighted by atomic mass is 32.1. The molecule has 2 aliphatic rings. The minimum Gasteiger partial charge on any atom is -0.467 e. The minimum atomic E-state index is -0.905. The number of rotatable bonds is 6. The summed E-state index contributed by atoms with van der Waals surface area (Å²) < 4.78 is 5.42. The summed E-state index contributed by atoms with van der Waals surface area (Å²) in [4.78, 5) is 43.1. The highest BCUT2D eigenvalue weighted by Crippen LogP contribution is 2.46. The Kier molecular flexibility index (Phi) is 5.68. The van der Waals surface area contributed by atoms with Crippen LogP contribution >= 0.6 is 11.3 Å². The molecule has 4 amide bonds. The van der Waals surface area contributed by atoms with Crippen molar-refractivity contribution in [3.63, 3.8) is 0 Å². The number of hydrogen-bond acceptors (Lipinski definition) is 5. The molecule has 0 bridgehead atoms. The summed E-state index contributed by atoms with van der Waals surface area (Å²) in [6.45, 7) is 6.78. The molecular weight excluding hydrogens is 414 g/mol. The Morgan fingerprint density at radius 2 is 2.06 bits per heavy atom. The molecule has 8 heteroatoms. The van der Waals surface area contributed by atoms with E-state index in [0.717, 1.165) is 16.2 Å². The third-order valence-corrected chi connectivity index (χ3v) is 6.99. The van der Waals surface area contributed by atoms with Crippen molar-refractivity contribution in [2.75, 3.05) is 6.54 Å². The fraction of sp³-hybridized carbons (Fsp3) is 0.522. The summed E-state index contributed by atoms with van der Waals surface area (Å²) in [5.74, 6) is 0.410. The molecule has 2 aromatic heterocycles. The first-order valence-electron chi connectivity index (χ1n) is 10.6. The molecule has 7 nitrogen and oxygen atoms in total. The summed E-state index contributed by atoms with van der Waals surface area (Å²) in [5, 5.41) is 4.90. The second-order valence-electron chi connectivity index (χ2n) is 9.67. The first-order valence-corrected chi connectivity index (χ1v) is 11.5. The van der Waals surface area contributed by atoms with Crippen LogP contribution in [0.4, 0.5) is 4.79 Å². The lowest BCUT2D eigenvalue weighted by Gasteiger charge is -2.43. The minimum absolute atomic E-state index is 0.0505. The van der Waals surface area contributed by atoms with Crippen molar-refractivity contribution in [3.8, 4) is 0 Å². The van der Waals surface area contributed by atoms with E-state index in [9.17, 15) is 14.4 Å². The van der Waals surface area contributed by atoms with Crippen LogP contribution in [-0.4, -0.2) is 39.7 Å². The van der Waals surface area contributed by atoms with E-state index in [1.54, 1.807) is 28.6 Å². The summed E-state index contributed by atoms with van der Waals surface area (Å²) in [7, 11) is 0. The van der Waals surface area contributed by atoms with Crippen molar-refractivity contribution < 1.29 is 18.8 Å². The average molecular weight is 444 g/mol. The molecule has 0 unspecified atom stereocenters. The van der Waals surface area contributed by atoms with Crippen LogP contribution in [0.15, 0.2) is 40.3 Å². The second-order valence-corrected chi connectivity index (χ2v) is 10.7. The van der Waals surface area contributed by atoms with Gasteiger partial charge in [0.1, 0.15) is 17.8 Å². The average Bonchev–Trinajstić information content (AvgIpc) is 3.40. The quantitative estimate of drug-likeness (QED) is 0.684. The highest BCUT2D eigenvalue weighted by Gasteiger charge is 2.56. The number of hydrogen-bond donors (Lipinski definition) is 1. The summed E-state index contributed by atoms with van der Waals surface area (Å²) >= 11 is 1.56. The van der Waals surface area contributed by atoms with Gasteiger partial charge in [0, 0.05) is 4.88 Å². The molecule has 1 saturated carbocycles. The van der Waals surface area contributed by atoms with Gasteiger partial charge in [-0.05, 0) is 54.2 Å². The molecule has 2 fully saturated rings. The zero-order valence-electron chi connectivity index (χ0n) is 18.2. The number of urea groups is 1. The Balaban J connectivity index is 1.51. The van der Waals surface area contributed by atoms with Gasteiger partial charge in [-0.3, -0.25) is 14.5 Å². The van der Waals surface area contributed by atoms with E-state index in [2.05, 4.69) is 26.1 Å². The van der Waals surface area contributed by atoms with Gasteiger partial charge in [-0.15, -0.1) is 11.3 Å². The zero-order valence-corrected chi connectivity index (χ0v) is 19.0. The van der Waals surface area contributed by atoms with Crippen molar-refractivity contribution in [1.82, 2.24) is 15.1 Å². The first kappa shape index (κ1) is 21.6. The fourth-order valence-electron chi connectivity index (χ4n) is 5.30. The number of carbonyl (C=O) groups excluding carboxylic acids is 3. The van der Waals surface area contributed by atoms with E-state index in [-0.39, 0.29) is 30.3 Å². The number of amides is 4. The predicted octanol–water partition coefficient (Wildman–Crippen LogP) is 4.01. The first-order chi connectivity index (χ1) is 14.7. The van der Waals surface area contributed by atoms with E-state index < -0.39 is 11.6 Å². The van der Waals surface area contributed by atoms with Crippen LogP contribution in [0, 0.1) is 11.3 Å². The molecule has 2 aromatic rings. The smallest absolute Gasteiger partial charge is 0.325 e. The Morgan fingerprint density at radius 1 is 1.26 bits per heavy atom. The molecule has 0 aromatic carbocycles. The van der Waals surface area contributed by atoms with Gasteiger partial charge in [0.25, 0.3) is 5.91 Å². The second kappa shape index (κ2) is 8.15. The van der Waals surface area contributed by atoms with E-state index in [0.29, 0.717) is 31.1 Å². The number of nitrogens with one attached hydrogen (secondary N) is 1. The lowest BCUT2D eigenvalue weighted by molar-refractivity contribution is -0.141. The number of nitrogens with zero attached hydrogens (tertiary/aromatic N) is 2. The molecule has 1 N–H and O–H groups in total. The van der Waals surface area contributed by atoms with Crippen LogP contribution in [0.3, 0.4) is 0 Å². The third kappa shape index (κ3) is 4.54. The number of carbonyl (C=O) groups is 3. The molecule has 0 radical (unpaired) electrons. The van der Waals surface area contributed by atoms with E-state index in [1.165, 1.54) is 0 Å². The number of thiophene rings is 1. The van der Waals surface area contributed by atoms with Crippen molar-refractivity contribution in [3.05, 3.63) is 46.5 Å². The van der Waals surface area contributed by atoms with Crippen molar-refractivity contribution in [2.24, 2.45) is 11.3 Å². The van der Waals surface area contributed by atoms with E-state index in [1.807, 2.05) is 23.6 Å². The molecular formula is C23H29N3O4S. The number of imide groups is 1. The Bertz CT molecular complexity index is 917. The van der Waals surface area contributed by atoms with Gasteiger partial charge >= 0.3 is 6.03 Å². The van der Waals surface area contributed by atoms with Crippen molar-refractivity contribution in [2.45, 2.75) is 58.7 Å². The standard InChI is InChI=1S/C23H29N3O4S/c1-16-10-22(2,3)15-23(11-16)20(28)26(21(29)24-23)14-19(27)25(12-17-6-4-8-30-17)13-18-7-5-9-31-18/h4-9,16H,10-15H2,1-3H3,(H,24,29)/t16-,23-/m0/s1. The Labute approximate surface area is 186 Å². The Hall–Kier alpha value is -2.61. The van der Waals surface area contributed by atoms with Crippen molar-refractivity contribution >= 4 is 29.2 Å². The molecule has 1 aliphatic heterocycles. The highest BCUT2D eigenvalue weighted by molar-refractivity contribution is 7.09. The largest absolute Gasteiger partial charge is 0.467 e. The van der Waals surface area contributed by atoms with Crippen molar-refractivity contribution in [1.29, 1.82) is 0 Å². The number of furan rings is 1. The molecule has 3 heterocycles. The van der Waals surface area contributed by atoms with Gasteiger partial charge in [-0.2, -0.15) is 0 Å². The van der Waals surface area contributed by atoms with Gasteiger partial charge in [0.05, 0.1) is 19.4 Å². The molecule has 1 aliphatic carbocycles. The van der Waals surface area contributed by atoms with Gasteiger partial charge < -0.3 is 14.6 Å². The lowest BCUT2D eigenvalue weighted by Crippen LogP contribution is -2.54. The maximum Gasteiger partial charge on any atom is 0.325 e. The van der Waals surface area contributed by atoms with Crippen LogP contribution in [0.1, 0.15) is 50.7 Å². The molecule has 4 rings (SSSR count). The summed E-state index contributed by atoms with van der Waals surface area (Å²) in [5.41, 5.74) is -0.955. The van der Waals surface area contributed by atoms with Crippen LogP contribution in [0.25, 0.3) is 0 Å². The lowest BCUT2D eigenvalue weighted by atomic mass is 9.64. The molecule has 1 spiro atoms. The van der Waals surface area contributed by atoms with Crippen LogP contribution in [0.2, 0.25) is 0 Å². The fourth-order valence-corrected chi connectivity index (χ4v) is 6.02. The molecule has 2 atom stereocenters. The van der Waals surface area contributed by atoms with Gasteiger partial charge in [0.15, 0.2) is 0 Å². The summed E-state index contributed by atoms with van der Waals surface area (Å²) in [6.07, 6.45) is 3.77. The molecule has 31 heavy (non-hydrogen) atoms. The Morgan fingerprint density at radius 3 is 2.71 bits per heavy atom. The monoisotopic (exact) mass is 443 g/mol. The maximum atomic E-state index is 13.4.